The second kappa shape index (κ2) is 8.94. The minimum atomic E-state index is 0.0820. The Morgan fingerprint density at radius 2 is 1.75 bits per heavy atom. The molecule has 1 aliphatic carbocycles. The minimum Gasteiger partial charge on any atom is -0.356 e. The zero-order valence-corrected chi connectivity index (χ0v) is 19.8. The number of carbonyl (C=O) groups is 2. The third-order valence-electron chi connectivity index (χ3n) is 7.08. The van der Waals surface area contributed by atoms with Crippen LogP contribution in [-0.2, 0) is 9.59 Å². The van der Waals surface area contributed by atoms with Gasteiger partial charge in [-0.15, -0.1) is 11.3 Å². The molecule has 0 radical (unpaired) electrons. The van der Waals surface area contributed by atoms with Gasteiger partial charge < -0.3 is 15.1 Å². The summed E-state index contributed by atoms with van der Waals surface area (Å²) >= 11 is 1.72. The second-order valence-corrected chi connectivity index (χ2v) is 10.6. The molecule has 2 saturated heterocycles. The van der Waals surface area contributed by atoms with E-state index in [9.17, 15) is 9.59 Å². The van der Waals surface area contributed by atoms with Crippen molar-refractivity contribution >= 4 is 39.2 Å². The zero-order valence-electron chi connectivity index (χ0n) is 19.0. The van der Waals surface area contributed by atoms with Gasteiger partial charge in [-0.3, -0.25) is 14.5 Å². The quantitative estimate of drug-likeness (QED) is 0.741. The largest absolute Gasteiger partial charge is 0.356 e. The molecule has 4 heterocycles. The van der Waals surface area contributed by atoms with Crippen LogP contribution < -0.4 is 10.2 Å². The van der Waals surface area contributed by atoms with Crippen LogP contribution in [0.15, 0.2) is 6.33 Å². The van der Waals surface area contributed by atoms with Gasteiger partial charge in [-0.1, -0.05) is 0 Å². The highest BCUT2D eigenvalue weighted by Crippen LogP contribution is 2.35. The maximum absolute atomic E-state index is 13.1. The van der Waals surface area contributed by atoms with Crippen molar-refractivity contribution in [1.82, 2.24) is 25.1 Å². The van der Waals surface area contributed by atoms with Gasteiger partial charge in [0.15, 0.2) is 0 Å². The number of piperazine rings is 1. The highest BCUT2D eigenvalue weighted by atomic mass is 32.1. The van der Waals surface area contributed by atoms with Crippen molar-refractivity contribution in [3.63, 3.8) is 0 Å². The summed E-state index contributed by atoms with van der Waals surface area (Å²) in [5, 5.41) is 4.21. The molecule has 1 saturated carbocycles. The number of thiophene rings is 1. The average Bonchev–Trinajstić information content (AvgIpc) is 3.57. The van der Waals surface area contributed by atoms with Crippen LogP contribution in [0.5, 0.6) is 0 Å². The van der Waals surface area contributed by atoms with Gasteiger partial charge >= 0.3 is 0 Å². The van der Waals surface area contributed by atoms with Gasteiger partial charge in [0.2, 0.25) is 11.8 Å². The van der Waals surface area contributed by atoms with Crippen molar-refractivity contribution in [3.8, 4) is 0 Å². The van der Waals surface area contributed by atoms with Gasteiger partial charge in [-0.2, -0.15) is 0 Å². The summed E-state index contributed by atoms with van der Waals surface area (Å²) in [5.74, 6) is 1.50. The monoisotopic (exact) mass is 456 g/mol. The summed E-state index contributed by atoms with van der Waals surface area (Å²) in [6.07, 6.45) is 5.60. The SMILES string of the molecule is Cc1sc2ncnc(N3CCC(C(=O)N4CCN(CC(=O)NC5CC5)CC4)CC3)c2c1C. The van der Waals surface area contributed by atoms with E-state index in [0.29, 0.717) is 12.6 Å². The number of fused-ring (bicyclic) bond motifs is 1. The number of amides is 2. The minimum absolute atomic E-state index is 0.0820. The lowest BCUT2D eigenvalue weighted by Gasteiger charge is -2.38. The first-order valence-electron chi connectivity index (χ1n) is 11.8. The van der Waals surface area contributed by atoms with E-state index >= 15 is 0 Å². The molecular weight excluding hydrogens is 424 g/mol. The van der Waals surface area contributed by atoms with E-state index in [1.165, 1.54) is 15.8 Å². The van der Waals surface area contributed by atoms with Crippen LogP contribution in [0.4, 0.5) is 5.82 Å². The zero-order chi connectivity index (χ0) is 22.2. The lowest BCUT2D eigenvalue weighted by molar-refractivity contribution is -0.138. The molecule has 3 fully saturated rings. The average molecular weight is 457 g/mol. The lowest BCUT2D eigenvalue weighted by Crippen LogP contribution is -2.53. The first-order chi connectivity index (χ1) is 15.5. The first kappa shape index (κ1) is 21.6. The van der Waals surface area contributed by atoms with E-state index in [0.717, 1.165) is 75.6 Å². The van der Waals surface area contributed by atoms with E-state index in [-0.39, 0.29) is 17.7 Å². The molecule has 1 N–H and O–H groups in total. The number of nitrogens with zero attached hydrogens (tertiary/aromatic N) is 5. The predicted octanol–water partition coefficient (Wildman–Crippen LogP) is 1.95. The van der Waals surface area contributed by atoms with Crippen molar-refractivity contribution < 1.29 is 9.59 Å². The van der Waals surface area contributed by atoms with Gasteiger partial charge in [0.05, 0.1) is 11.9 Å². The Morgan fingerprint density at radius 3 is 2.44 bits per heavy atom. The van der Waals surface area contributed by atoms with Gasteiger partial charge in [0.25, 0.3) is 0 Å². The third kappa shape index (κ3) is 4.45. The number of rotatable bonds is 5. The van der Waals surface area contributed by atoms with Gasteiger partial charge in [0.1, 0.15) is 17.0 Å². The number of aromatic nitrogens is 2. The Bertz CT molecular complexity index is 1000. The van der Waals surface area contributed by atoms with Gasteiger partial charge in [-0.25, -0.2) is 9.97 Å². The highest BCUT2D eigenvalue weighted by molar-refractivity contribution is 7.18. The summed E-state index contributed by atoms with van der Waals surface area (Å²) < 4.78 is 0. The maximum atomic E-state index is 13.1. The molecular formula is C23H32N6O2S. The van der Waals surface area contributed by atoms with Crippen LogP contribution in [0.3, 0.4) is 0 Å². The number of hydrogen-bond acceptors (Lipinski definition) is 7. The smallest absolute Gasteiger partial charge is 0.234 e. The molecule has 2 aliphatic heterocycles. The van der Waals surface area contributed by atoms with E-state index in [2.05, 4.69) is 38.9 Å². The second-order valence-electron chi connectivity index (χ2n) is 9.37. The Balaban J connectivity index is 1.13. The fourth-order valence-corrected chi connectivity index (χ4v) is 5.82. The standard InChI is InChI=1S/C23H32N6O2S/c1-15-16(2)32-22-20(15)21(24-14-25-22)28-7-5-17(6-8-28)23(31)29-11-9-27(10-12-29)13-19(30)26-18-3-4-18/h14,17-18H,3-13H2,1-2H3,(H,26,30). The normalized spacial score (nSPS) is 20.7. The molecule has 2 amide bonds. The van der Waals surface area contributed by atoms with Crippen LogP contribution in [0.25, 0.3) is 10.2 Å². The summed E-state index contributed by atoms with van der Waals surface area (Å²) in [5.41, 5.74) is 1.27. The van der Waals surface area contributed by atoms with Crippen LogP contribution in [0.1, 0.15) is 36.1 Å². The van der Waals surface area contributed by atoms with E-state index < -0.39 is 0 Å². The number of nitrogens with one attached hydrogen (secondary N) is 1. The molecule has 5 rings (SSSR count). The number of anilines is 1. The molecule has 172 valence electrons. The molecule has 0 atom stereocenters. The first-order valence-corrected chi connectivity index (χ1v) is 12.6. The molecule has 2 aromatic heterocycles. The van der Waals surface area contributed by atoms with E-state index in [4.69, 9.17) is 0 Å². The van der Waals surface area contributed by atoms with Crippen LogP contribution in [0, 0.1) is 19.8 Å². The molecule has 0 bridgehead atoms. The molecule has 32 heavy (non-hydrogen) atoms. The van der Waals surface area contributed by atoms with Crippen LogP contribution >= 0.6 is 11.3 Å². The van der Waals surface area contributed by atoms with E-state index in [1.54, 1.807) is 17.7 Å². The fraction of sp³-hybridized carbons (Fsp3) is 0.652. The predicted molar refractivity (Wildman–Crippen MR) is 126 cm³/mol. The summed E-state index contributed by atoms with van der Waals surface area (Å²) in [6.45, 7) is 9.41. The van der Waals surface area contributed by atoms with Crippen molar-refractivity contribution in [2.45, 2.75) is 45.6 Å². The maximum Gasteiger partial charge on any atom is 0.234 e. The topological polar surface area (TPSA) is 81.7 Å². The summed E-state index contributed by atoms with van der Waals surface area (Å²) in [6, 6.07) is 0.405. The Morgan fingerprint density at radius 1 is 1.03 bits per heavy atom. The number of aryl methyl sites for hydroxylation is 2. The number of piperidine rings is 1. The van der Waals surface area contributed by atoms with Crippen molar-refractivity contribution in [3.05, 3.63) is 16.8 Å². The fourth-order valence-electron chi connectivity index (χ4n) is 4.83. The van der Waals surface area contributed by atoms with Crippen molar-refractivity contribution in [1.29, 1.82) is 0 Å². The molecule has 8 nitrogen and oxygen atoms in total. The molecule has 0 unspecified atom stereocenters. The highest BCUT2D eigenvalue weighted by Gasteiger charge is 2.32. The van der Waals surface area contributed by atoms with Gasteiger partial charge in [-0.05, 0) is 45.1 Å². The molecule has 0 aromatic carbocycles. The lowest BCUT2D eigenvalue weighted by atomic mass is 9.94. The Kier molecular flexibility index (Phi) is 6.03. The van der Waals surface area contributed by atoms with Crippen LogP contribution in [-0.4, -0.2) is 83.4 Å². The third-order valence-corrected chi connectivity index (χ3v) is 8.20. The molecule has 9 heteroatoms. The van der Waals surface area contributed by atoms with E-state index in [1.807, 2.05) is 4.90 Å². The van der Waals surface area contributed by atoms with Crippen LogP contribution in [0.2, 0.25) is 0 Å². The molecule has 2 aromatic rings. The number of carbonyl (C=O) groups excluding carboxylic acids is 2. The van der Waals surface area contributed by atoms with Crippen molar-refractivity contribution in [2.75, 3.05) is 50.7 Å². The number of hydrogen-bond donors (Lipinski definition) is 1. The summed E-state index contributed by atoms with van der Waals surface area (Å²) in [4.78, 5) is 43.1. The molecule has 0 spiro atoms. The Labute approximate surface area is 193 Å². The van der Waals surface area contributed by atoms with Crippen molar-refractivity contribution in [2.24, 2.45) is 5.92 Å². The summed E-state index contributed by atoms with van der Waals surface area (Å²) in [7, 11) is 0. The Hall–Kier alpha value is -2.26. The molecule has 3 aliphatic rings. The van der Waals surface area contributed by atoms with Gasteiger partial charge in [0, 0.05) is 56.1 Å².